The minimum absolute atomic E-state index is 0.299. The first-order chi connectivity index (χ1) is 8.95. The van der Waals surface area contributed by atoms with Crippen LogP contribution in [0.4, 0.5) is 0 Å². The van der Waals surface area contributed by atoms with Gasteiger partial charge in [0.2, 0.25) is 10.0 Å². The van der Waals surface area contributed by atoms with Gasteiger partial charge in [-0.15, -0.1) is 11.6 Å². The minimum Gasteiger partial charge on any atom is -0.207 e. The summed E-state index contributed by atoms with van der Waals surface area (Å²) in [6.45, 7) is 0.597. The van der Waals surface area contributed by atoms with E-state index < -0.39 is 10.0 Å². The molecule has 0 amide bonds. The summed E-state index contributed by atoms with van der Waals surface area (Å²) in [5.74, 6) is 0.817. The molecule has 1 fully saturated rings. The van der Waals surface area contributed by atoms with Gasteiger partial charge in [-0.1, -0.05) is 12.5 Å². The second kappa shape index (κ2) is 6.12. The van der Waals surface area contributed by atoms with Crippen LogP contribution >= 0.6 is 27.5 Å². The smallest absolute Gasteiger partial charge is 0.207 e. The fourth-order valence-corrected chi connectivity index (χ4v) is 4.52. The zero-order valence-electron chi connectivity index (χ0n) is 10.8. The average Bonchev–Trinajstić information content (AvgIpc) is 2.33. The second-order valence-corrected chi connectivity index (χ2v) is 8.12. The molecule has 106 valence electrons. The third-order valence-electron chi connectivity index (χ3n) is 3.58. The molecule has 0 N–H and O–H groups in total. The number of hydrogen-bond acceptors (Lipinski definition) is 2. The van der Waals surface area contributed by atoms with E-state index in [-0.39, 0.29) is 0 Å². The fraction of sp³-hybridized carbons (Fsp3) is 0.538. The molecule has 1 saturated carbocycles. The largest absolute Gasteiger partial charge is 0.243 e. The van der Waals surface area contributed by atoms with Crippen molar-refractivity contribution in [1.82, 2.24) is 4.31 Å². The Morgan fingerprint density at radius 2 is 2.11 bits per heavy atom. The van der Waals surface area contributed by atoms with E-state index in [0.717, 1.165) is 18.4 Å². The van der Waals surface area contributed by atoms with E-state index in [9.17, 15) is 8.42 Å². The van der Waals surface area contributed by atoms with Crippen molar-refractivity contribution in [2.45, 2.75) is 30.0 Å². The number of nitrogens with zero attached hydrogens (tertiary/aromatic N) is 1. The van der Waals surface area contributed by atoms with Gasteiger partial charge in [0.1, 0.15) is 0 Å². The Hall–Kier alpha value is -0.100. The predicted octanol–water partition coefficient (Wildman–Crippen LogP) is 3.61. The lowest BCUT2D eigenvalue weighted by molar-refractivity contribution is 0.263. The summed E-state index contributed by atoms with van der Waals surface area (Å²) < 4.78 is 27.1. The van der Waals surface area contributed by atoms with Crippen LogP contribution in [0.15, 0.2) is 27.6 Å². The SMILES string of the molecule is CN(CC1CCC1)S(=O)(=O)c1cc(CCl)ccc1Br. The number of alkyl halides is 1. The zero-order valence-corrected chi connectivity index (χ0v) is 13.9. The van der Waals surface area contributed by atoms with Crippen molar-refractivity contribution >= 4 is 37.6 Å². The van der Waals surface area contributed by atoms with E-state index in [1.165, 1.54) is 10.7 Å². The Kier molecular flexibility index (Phi) is 4.93. The van der Waals surface area contributed by atoms with E-state index in [1.807, 2.05) is 6.07 Å². The van der Waals surface area contributed by atoms with Crippen LogP contribution in [0.3, 0.4) is 0 Å². The molecule has 0 bridgehead atoms. The fourth-order valence-electron chi connectivity index (χ4n) is 2.13. The van der Waals surface area contributed by atoms with Gasteiger partial charge < -0.3 is 0 Å². The molecule has 1 aromatic carbocycles. The number of sulfonamides is 1. The maximum absolute atomic E-state index is 12.5. The average molecular weight is 367 g/mol. The number of benzene rings is 1. The highest BCUT2D eigenvalue weighted by atomic mass is 79.9. The molecular formula is C13H17BrClNO2S. The van der Waals surface area contributed by atoms with E-state index >= 15 is 0 Å². The van der Waals surface area contributed by atoms with Crippen molar-refractivity contribution in [2.75, 3.05) is 13.6 Å². The quantitative estimate of drug-likeness (QED) is 0.747. The summed E-state index contributed by atoms with van der Waals surface area (Å²) in [6.07, 6.45) is 3.47. The molecule has 2 rings (SSSR count). The topological polar surface area (TPSA) is 37.4 Å². The van der Waals surface area contributed by atoms with Gasteiger partial charge in [0, 0.05) is 23.9 Å². The summed E-state index contributed by atoms with van der Waals surface area (Å²) in [5.41, 5.74) is 0.806. The first-order valence-electron chi connectivity index (χ1n) is 6.26. The maximum Gasteiger partial charge on any atom is 0.243 e. The zero-order chi connectivity index (χ0) is 14.0. The third-order valence-corrected chi connectivity index (χ3v) is 6.70. The van der Waals surface area contributed by atoms with E-state index in [1.54, 1.807) is 19.2 Å². The Morgan fingerprint density at radius 3 is 2.63 bits per heavy atom. The van der Waals surface area contributed by atoms with Crippen LogP contribution in [0.2, 0.25) is 0 Å². The van der Waals surface area contributed by atoms with Crippen LogP contribution < -0.4 is 0 Å². The van der Waals surface area contributed by atoms with Crippen LogP contribution in [0.25, 0.3) is 0 Å². The van der Waals surface area contributed by atoms with E-state index in [0.29, 0.717) is 27.7 Å². The molecule has 19 heavy (non-hydrogen) atoms. The molecule has 0 saturated heterocycles. The van der Waals surface area contributed by atoms with Gasteiger partial charge in [0.25, 0.3) is 0 Å². The standard InChI is InChI=1S/C13H17BrClNO2S/c1-16(9-10-3-2-4-10)19(17,18)13-7-11(8-15)5-6-12(13)14/h5-7,10H,2-4,8-9H2,1H3. The van der Waals surface area contributed by atoms with Crippen molar-refractivity contribution in [3.63, 3.8) is 0 Å². The van der Waals surface area contributed by atoms with Gasteiger partial charge in [-0.3, -0.25) is 0 Å². The summed E-state index contributed by atoms with van der Waals surface area (Å²) in [7, 11) is -1.80. The van der Waals surface area contributed by atoms with E-state index in [2.05, 4.69) is 15.9 Å². The van der Waals surface area contributed by atoms with Crippen molar-refractivity contribution < 1.29 is 8.42 Å². The molecule has 0 atom stereocenters. The molecule has 1 aliphatic carbocycles. The maximum atomic E-state index is 12.5. The summed E-state index contributed by atoms with van der Waals surface area (Å²) in [4.78, 5) is 0.299. The summed E-state index contributed by atoms with van der Waals surface area (Å²) in [5, 5.41) is 0. The van der Waals surface area contributed by atoms with Gasteiger partial charge in [-0.25, -0.2) is 12.7 Å². The van der Waals surface area contributed by atoms with Gasteiger partial charge in [-0.05, 0) is 52.4 Å². The molecule has 0 unspecified atom stereocenters. The molecule has 6 heteroatoms. The van der Waals surface area contributed by atoms with Crippen molar-refractivity contribution in [2.24, 2.45) is 5.92 Å². The highest BCUT2D eigenvalue weighted by molar-refractivity contribution is 9.10. The predicted molar refractivity (Wildman–Crippen MR) is 80.9 cm³/mol. The van der Waals surface area contributed by atoms with Crippen LogP contribution in [0, 0.1) is 5.92 Å². The lowest BCUT2D eigenvalue weighted by atomic mass is 9.86. The molecule has 3 nitrogen and oxygen atoms in total. The first kappa shape index (κ1) is 15.3. The molecule has 0 heterocycles. The second-order valence-electron chi connectivity index (χ2n) is 4.98. The number of hydrogen-bond donors (Lipinski definition) is 0. The van der Waals surface area contributed by atoms with Gasteiger partial charge in [0.15, 0.2) is 0 Å². The monoisotopic (exact) mass is 365 g/mol. The van der Waals surface area contributed by atoms with Crippen molar-refractivity contribution in [3.05, 3.63) is 28.2 Å². The Labute approximate surface area is 128 Å². The summed E-state index contributed by atoms with van der Waals surface area (Å²) in [6, 6.07) is 5.20. The lowest BCUT2D eigenvalue weighted by Crippen LogP contribution is -2.34. The van der Waals surface area contributed by atoms with Gasteiger partial charge in [0.05, 0.1) is 4.90 Å². The highest BCUT2D eigenvalue weighted by Gasteiger charge is 2.28. The minimum atomic E-state index is -3.45. The number of rotatable bonds is 5. The normalized spacial score (nSPS) is 16.6. The number of halogens is 2. The van der Waals surface area contributed by atoms with Crippen molar-refractivity contribution in [3.8, 4) is 0 Å². The molecular weight excluding hydrogens is 350 g/mol. The lowest BCUT2D eigenvalue weighted by Gasteiger charge is -2.29. The molecule has 0 radical (unpaired) electrons. The Balaban J connectivity index is 2.26. The molecule has 0 aliphatic heterocycles. The summed E-state index contributed by atoms with van der Waals surface area (Å²) >= 11 is 9.09. The Morgan fingerprint density at radius 1 is 1.42 bits per heavy atom. The third kappa shape index (κ3) is 3.32. The molecule has 1 aromatic rings. The van der Waals surface area contributed by atoms with Crippen LogP contribution in [0.5, 0.6) is 0 Å². The van der Waals surface area contributed by atoms with Gasteiger partial charge >= 0.3 is 0 Å². The van der Waals surface area contributed by atoms with Crippen LogP contribution in [-0.2, 0) is 15.9 Å². The highest BCUT2D eigenvalue weighted by Crippen LogP contribution is 2.30. The molecule has 0 aromatic heterocycles. The first-order valence-corrected chi connectivity index (χ1v) is 9.02. The van der Waals surface area contributed by atoms with Gasteiger partial charge in [-0.2, -0.15) is 0 Å². The van der Waals surface area contributed by atoms with E-state index in [4.69, 9.17) is 11.6 Å². The van der Waals surface area contributed by atoms with Crippen LogP contribution in [-0.4, -0.2) is 26.3 Å². The van der Waals surface area contributed by atoms with Crippen molar-refractivity contribution in [1.29, 1.82) is 0 Å². The molecule has 1 aliphatic rings. The Bertz CT molecular complexity index is 558. The van der Waals surface area contributed by atoms with Crippen LogP contribution in [0.1, 0.15) is 24.8 Å². The molecule has 0 spiro atoms.